The summed E-state index contributed by atoms with van der Waals surface area (Å²) in [5, 5.41) is 8.91. The van der Waals surface area contributed by atoms with Crippen molar-refractivity contribution in [3.05, 3.63) is 11.6 Å². The van der Waals surface area contributed by atoms with Crippen LogP contribution in [-0.2, 0) is 9.59 Å². The van der Waals surface area contributed by atoms with Gasteiger partial charge in [-0.25, -0.2) is 4.79 Å². The highest BCUT2D eigenvalue weighted by molar-refractivity contribution is 6.07. The summed E-state index contributed by atoms with van der Waals surface area (Å²) in [7, 11) is 0. The van der Waals surface area contributed by atoms with E-state index < -0.39 is 5.54 Å². The first kappa shape index (κ1) is 18.7. The van der Waals surface area contributed by atoms with Crippen molar-refractivity contribution in [1.29, 1.82) is 0 Å². The van der Waals surface area contributed by atoms with Crippen LogP contribution in [0, 0.1) is 0 Å². The average molecular weight is 357 g/mol. The van der Waals surface area contributed by atoms with Crippen LogP contribution in [0.3, 0.4) is 0 Å². The van der Waals surface area contributed by atoms with Crippen molar-refractivity contribution in [2.45, 2.75) is 44.1 Å². The summed E-state index contributed by atoms with van der Waals surface area (Å²) in [6.45, 7) is 2.48. The molecule has 2 fully saturated rings. The predicted octanol–water partition coefficient (Wildman–Crippen LogP) is 0.699. The third-order valence-electron chi connectivity index (χ3n) is 4.94. The van der Waals surface area contributed by atoms with Gasteiger partial charge < -0.3 is 16.0 Å². The molecule has 1 saturated carbocycles. The molecule has 0 radical (unpaired) electrons. The summed E-state index contributed by atoms with van der Waals surface area (Å²) >= 11 is 0. The van der Waals surface area contributed by atoms with Crippen LogP contribution in [0.5, 0.6) is 0 Å². The maximum Gasteiger partial charge on any atom is 0.325 e. The second-order valence-corrected chi connectivity index (χ2v) is 6.52. The van der Waals surface area contributed by atoms with E-state index in [2.05, 4.69) is 22.0 Å². The Kier molecular flexibility index (Phi) is 6.23. The zero-order valence-electron chi connectivity index (χ0n) is 13.7. The van der Waals surface area contributed by atoms with Gasteiger partial charge in [0.2, 0.25) is 5.91 Å². The first-order chi connectivity index (χ1) is 11.1. The zero-order chi connectivity index (χ0) is 16.3. The Hall–Kier alpha value is -1.60. The first-order valence-electron chi connectivity index (χ1n) is 8.40. The number of carbonyl (C=O) groups excluding carboxylic acids is 3. The van der Waals surface area contributed by atoms with Gasteiger partial charge in [-0.3, -0.25) is 14.5 Å². The minimum atomic E-state index is -0.687. The van der Waals surface area contributed by atoms with E-state index in [-0.39, 0.29) is 43.2 Å². The molecule has 1 spiro atoms. The molecule has 3 rings (SSSR count). The van der Waals surface area contributed by atoms with Gasteiger partial charge >= 0.3 is 6.03 Å². The minimum Gasteiger partial charge on any atom is -0.352 e. The van der Waals surface area contributed by atoms with Crippen molar-refractivity contribution >= 4 is 30.3 Å². The molecule has 7 nitrogen and oxygen atoms in total. The summed E-state index contributed by atoms with van der Waals surface area (Å²) in [4.78, 5) is 37.6. The van der Waals surface area contributed by atoms with Crippen LogP contribution in [0.25, 0.3) is 0 Å². The van der Waals surface area contributed by atoms with Crippen molar-refractivity contribution in [3.63, 3.8) is 0 Å². The molecule has 24 heavy (non-hydrogen) atoms. The van der Waals surface area contributed by atoms with Gasteiger partial charge in [0.05, 0.1) is 0 Å². The number of urea groups is 1. The molecular formula is C16H25ClN4O3. The molecule has 3 aliphatic rings. The van der Waals surface area contributed by atoms with Gasteiger partial charge in [-0.2, -0.15) is 0 Å². The first-order valence-corrected chi connectivity index (χ1v) is 8.40. The maximum absolute atomic E-state index is 12.5. The second-order valence-electron chi connectivity index (χ2n) is 6.52. The molecule has 0 atom stereocenters. The van der Waals surface area contributed by atoms with Crippen molar-refractivity contribution in [2.24, 2.45) is 0 Å². The lowest BCUT2D eigenvalue weighted by molar-refractivity contribution is -0.131. The quantitative estimate of drug-likeness (QED) is 0.499. The number of amides is 4. The number of rotatable bonds is 5. The molecular weight excluding hydrogens is 332 g/mol. The van der Waals surface area contributed by atoms with Crippen LogP contribution < -0.4 is 16.0 Å². The van der Waals surface area contributed by atoms with Crippen molar-refractivity contribution in [1.82, 2.24) is 20.9 Å². The zero-order valence-corrected chi connectivity index (χ0v) is 14.5. The van der Waals surface area contributed by atoms with Gasteiger partial charge in [-0.1, -0.05) is 24.5 Å². The number of carbonyl (C=O) groups is 3. The van der Waals surface area contributed by atoms with Crippen molar-refractivity contribution in [3.8, 4) is 0 Å². The molecule has 0 unspecified atom stereocenters. The average Bonchev–Trinajstić information content (AvgIpc) is 3.11. The normalized spacial score (nSPS) is 22.2. The lowest BCUT2D eigenvalue weighted by atomic mass is 9.98. The molecule has 1 saturated heterocycles. The summed E-state index contributed by atoms with van der Waals surface area (Å²) < 4.78 is 0. The van der Waals surface area contributed by atoms with Crippen LogP contribution in [-0.4, -0.2) is 54.5 Å². The molecule has 3 N–H and O–H groups in total. The molecule has 0 aromatic carbocycles. The lowest BCUT2D eigenvalue weighted by Crippen LogP contribution is -2.44. The van der Waals surface area contributed by atoms with Crippen molar-refractivity contribution < 1.29 is 14.4 Å². The number of hydrogen-bond acceptors (Lipinski definition) is 4. The molecule has 2 heterocycles. The fourth-order valence-electron chi connectivity index (χ4n) is 3.54. The van der Waals surface area contributed by atoms with E-state index in [4.69, 9.17) is 0 Å². The van der Waals surface area contributed by atoms with E-state index in [9.17, 15) is 14.4 Å². The largest absolute Gasteiger partial charge is 0.352 e. The number of imide groups is 1. The fourth-order valence-corrected chi connectivity index (χ4v) is 3.54. The van der Waals surface area contributed by atoms with Crippen LogP contribution >= 0.6 is 12.4 Å². The minimum absolute atomic E-state index is 0. The molecule has 8 heteroatoms. The highest BCUT2D eigenvalue weighted by Gasteiger charge is 2.52. The van der Waals surface area contributed by atoms with E-state index in [0.29, 0.717) is 19.4 Å². The molecule has 0 bridgehead atoms. The van der Waals surface area contributed by atoms with E-state index in [1.165, 1.54) is 10.5 Å². The van der Waals surface area contributed by atoms with Gasteiger partial charge in [0.1, 0.15) is 5.54 Å². The van der Waals surface area contributed by atoms with Crippen LogP contribution in [0.2, 0.25) is 0 Å². The highest BCUT2D eigenvalue weighted by atomic mass is 35.5. The monoisotopic (exact) mass is 356 g/mol. The van der Waals surface area contributed by atoms with Gasteiger partial charge in [-0.05, 0) is 25.8 Å². The van der Waals surface area contributed by atoms with Gasteiger partial charge in [-0.15, -0.1) is 12.4 Å². The third-order valence-corrected chi connectivity index (χ3v) is 4.94. The standard InChI is InChI=1S/C16H24N4O3.ClH/c21-13(18-11-12-3-8-17-9-4-12)5-10-20-14(22)16(19-15(20)23)6-1-2-7-16;/h3,17H,1-2,4-11H2,(H,18,21)(H,19,23);1H. The lowest BCUT2D eigenvalue weighted by Gasteiger charge is -2.20. The Bertz CT molecular complexity index is 543. The molecule has 0 aromatic heterocycles. The number of nitrogens with zero attached hydrogens (tertiary/aromatic N) is 1. The molecule has 2 aliphatic heterocycles. The Morgan fingerprint density at radius 2 is 2.04 bits per heavy atom. The van der Waals surface area contributed by atoms with E-state index in [0.717, 1.165) is 32.4 Å². The Morgan fingerprint density at radius 1 is 1.29 bits per heavy atom. The smallest absolute Gasteiger partial charge is 0.325 e. The molecule has 134 valence electrons. The van der Waals surface area contributed by atoms with Crippen LogP contribution in [0.15, 0.2) is 11.6 Å². The summed E-state index contributed by atoms with van der Waals surface area (Å²) in [5.41, 5.74) is 0.532. The Balaban J connectivity index is 0.00000208. The Labute approximate surface area is 148 Å². The van der Waals surface area contributed by atoms with Gasteiger partial charge in [0.25, 0.3) is 5.91 Å². The van der Waals surface area contributed by atoms with E-state index in [1.807, 2.05) is 0 Å². The SMILES string of the molecule is Cl.O=C(CCN1C(=O)NC2(CCCC2)C1=O)NCC1=CCNCC1. The topological polar surface area (TPSA) is 90.5 Å². The van der Waals surface area contributed by atoms with Crippen molar-refractivity contribution in [2.75, 3.05) is 26.2 Å². The number of nitrogens with one attached hydrogen (secondary N) is 3. The number of hydrogen-bond donors (Lipinski definition) is 3. The number of halogens is 1. The van der Waals surface area contributed by atoms with Gasteiger partial charge in [0.15, 0.2) is 0 Å². The van der Waals surface area contributed by atoms with E-state index >= 15 is 0 Å². The van der Waals surface area contributed by atoms with Gasteiger partial charge in [0, 0.05) is 26.1 Å². The Morgan fingerprint density at radius 3 is 2.71 bits per heavy atom. The summed E-state index contributed by atoms with van der Waals surface area (Å²) in [6, 6.07) is -0.356. The summed E-state index contributed by atoms with van der Waals surface area (Å²) in [6.07, 6.45) is 6.53. The predicted molar refractivity (Wildman–Crippen MR) is 91.9 cm³/mol. The van der Waals surface area contributed by atoms with Crippen LogP contribution in [0.4, 0.5) is 4.79 Å². The third kappa shape index (κ3) is 3.89. The summed E-state index contributed by atoms with van der Waals surface area (Å²) in [5.74, 6) is -0.286. The maximum atomic E-state index is 12.5. The highest BCUT2D eigenvalue weighted by Crippen LogP contribution is 2.34. The molecule has 4 amide bonds. The second kappa shape index (κ2) is 7.98. The fraction of sp³-hybridized carbons (Fsp3) is 0.688. The van der Waals surface area contributed by atoms with E-state index in [1.54, 1.807) is 0 Å². The van der Waals surface area contributed by atoms with Crippen LogP contribution in [0.1, 0.15) is 38.5 Å². The molecule has 1 aliphatic carbocycles. The molecule has 0 aromatic rings.